The second kappa shape index (κ2) is 8.32. The number of hydrogen-bond acceptors (Lipinski definition) is 4. The minimum atomic E-state index is -3.46. The quantitative estimate of drug-likeness (QED) is 0.765. The van der Waals surface area contributed by atoms with Crippen LogP contribution in [0.25, 0.3) is 0 Å². The van der Waals surface area contributed by atoms with Gasteiger partial charge in [-0.2, -0.15) is 0 Å². The van der Waals surface area contributed by atoms with Gasteiger partial charge in [-0.25, -0.2) is 13.1 Å². The van der Waals surface area contributed by atoms with Crippen LogP contribution in [0.4, 0.5) is 0 Å². The molecular formula is C18H30N2O3S. The van der Waals surface area contributed by atoms with Crippen LogP contribution < -0.4 is 9.46 Å². The Bertz CT molecular complexity index is 636. The van der Waals surface area contributed by atoms with E-state index in [1.54, 1.807) is 25.3 Å². The van der Waals surface area contributed by atoms with Crippen molar-refractivity contribution in [2.45, 2.75) is 38.5 Å². The minimum Gasteiger partial charge on any atom is -0.496 e. The zero-order chi connectivity index (χ0) is 17.7. The van der Waals surface area contributed by atoms with Crippen molar-refractivity contribution in [3.63, 3.8) is 0 Å². The van der Waals surface area contributed by atoms with Gasteiger partial charge in [0.1, 0.15) is 5.75 Å². The van der Waals surface area contributed by atoms with Crippen molar-refractivity contribution in [1.29, 1.82) is 0 Å². The molecule has 1 aliphatic heterocycles. The van der Waals surface area contributed by atoms with E-state index in [0.29, 0.717) is 17.2 Å². The molecular weight excluding hydrogens is 324 g/mol. The molecule has 0 saturated carbocycles. The maximum Gasteiger partial charge on any atom is 0.240 e. The van der Waals surface area contributed by atoms with Crippen molar-refractivity contribution in [2.24, 2.45) is 11.8 Å². The Hall–Kier alpha value is -1.11. The monoisotopic (exact) mass is 354 g/mol. The Kier molecular flexibility index (Phi) is 6.66. The number of hydrogen-bond donors (Lipinski definition) is 1. The molecule has 1 aromatic carbocycles. The Labute approximate surface area is 146 Å². The third kappa shape index (κ3) is 5.19. The van der Waals surface area contributed by atoms with Crippen LogP contribution in [-0.4, -0.2) is 46.6 Å². The average molecular weight is 355 g/mol. The summed E-state index contributed by atoms with van der Waals surface area (Å²) in [6, 6.07) is 4.93. The van der Waals surface area contributed by atoms with Crippen molar-refractivity contribution in [3.05, 3.63) is 23.8 Å². The van der Waals surface area contributed by atoms with Crippen LogP contribution in [0.5, 0.6) is 5.75 Å². The lowest BCUT2D eigenvalue weighted by atomic mass is 9.92. The maximum absolute atomic E-state index is 12.4. The topological polar surface area (TPSA) is 58.6 Å². The fourth-order valence-electron chi connectivity index (χ4n) is 3.59. The summed E-state index contributed by atoms with van der Waals surface area (Å²) < 4.78 is 32.6. The molecule has 2 rings (SSSR count). The van der Waals surface area contributed by atoms with E-state index in [9.17, 15) is 8.42 Å². The highest BCUT2D eigenvalue weighted by Gasteiger charge is 2.21. The summed E-state index contributed by atoms with van der Waals surface area (Å²) in [5, 5.41) is 0. The number of nitrogens with one attached hydrogen (secondary N) is 1. The van der Waals surface area contributed by atoms with Crippen molar-refractivity contribution in [1.82, 2.24) is 9.62 Å². The summed E-state index contributed by atoms with van der Waals surface area (Å²) >= 11 is 0. The van der Waals surface area contributed by atoms with E-state index in [0.717, 1.165) is 43.5 Å². The predicted octanol–water partition coefficient (Wildman–Crippen LogP) is 2.65. The highest BCUT2D eigenvalue weighted by atomic mass is 32.2. The normalized spacial score (nSPS) is 22.5. The van der Waals surface area contributed by atoms with Gasteiger partial charge >= 0.3 is 0 Å². The highest BCUT2D eigenvalue weighted by Crippen LogP contribution is 2.22. The summed E-state index contributed by atoms with van der Waals surface area (Å²) in [6.45, 7) is 10.1. The van der Waals surface area contributed by atoms with E-state index in [1.165, 1.54) is 6.42 Å². The molecule has 1 saturated heterocycles. The summed E-state index contributed by atoms with van der Waals surface area (Å²) in [7, 11) is -1.88. The van der Waals surface area contributed by atoms with Crippen LogP contribution in [0.1, 0.15) is 32.3 Å². The van der Waals surface area contributed by atoms with Crippen LogP contribution in [-0.2, 0) is 10.0 Å². The summed E-state index contributed by atoms with van der Waals surface area (Å²) in [5.74, 6) is 2.16. The molecule has 0 radical (unpaired) electrons. The number of likely N-dealkylation sites (tertiary alicyclic amines) is 1. The van der Waals surface area contributed by atoms with Crippen molar-refractivity contribution in [3.8, 4) is 5.75 Å². The van der Waals surface area contributed by atoms with Gasteiger partial charge in [0.25, 0.3) is 0 Å². The van der Waals surface area contributed by atoms with E-state index in [-0.39, 0.29) is 0 Å². The van der Waals surface area contributed by atoms with Crippen molar-refractivity contribution < 1.29 is 13.2 Å². The van der Waals surface area contributed by atoms with Gasteiger partial charge in [0.2, 0.25) is 10.0 Å². The van der Waals surface area contributed by atoms with Gasteiger partial charge in [-0.3, -0.25) is 0 Å². The molecule has 0 amide bonds. The van der Waals surface area contributed by atoms with Gasteiger partial charge in [-0.15, -0.1) is 0 Å². The predicted molar refractivity (Wildman–Crippen MR) is 96.9 cm³/mol. The Morgan fingerprint density at radius 2 is 1.92 bits per heavy atom. The second-order valence-electron chi connectivity index (χ2n) is 7.09. The molecule has 2 atom stereocenters. The molecule has 6 heteroatoms. The average Bonchev–Trinajstić information content (AvgIpc) is 2.50. The first-order chi connectivity index (χ1) is 11.3. The van der Waals surface area contributed by atoms with E-state index in [2.05, 4.69) is 23.5 Å². The van der Waals surface area contributed by atoms with Crippen molar-refractivity contribution in [2.75, 3.05) is 33.3 Å². The number of nitrogens with zero attached hydrogens (tertiary/aromatic N) is 1. The van der Waals surface area contributed by atoms with Gasteiger partial charge in [-0.05, 0) is 61.9 Å². The Balaban J connectivity index is 1.83. The Morgan fingerprint density at radius 1 is 1.25 bits per heavy atom. The van der Waals surface area contributed by atoms with E-state index in [1.807, 2.05) is 6.92 Å². The van der Waals surface area contributed by atoms with Crippen LogP contribution in [0, 0.1) is 18.8 Å². The zero-order valence-corrected chi connectivity index (χ0v) is 16.0. The molecule has 1 fully saturated rings. The number of benzene rings is 1. The van der Waals surface area contributed by atoms with Gasteiger partial charge in [0, 0.05) is 19.6 Å². The lowest BCUT2D eigenvalue weighted by Crippen LogP contribution is -2.40. The Morgan fingerprint density at radius 3 is 2.50 bits per heavy atom. The summed E-state index contributed by atoms with van der Waals surface area (Å²) in [6.07, 6.45) is 2.12. The van der Waals surface area contributed by atoms with E-state index < -0.39 is 10.0 Å². The lowest BCUT2D eigenvalue weighted by Gasteiger charge is -2.34. The maximum atomic E-state index is 12.4. The van der Waals surface area contributed by atoms with Crippen LogP contribution in [0.15, 0.2) is 23.1 Å². The molecule has 24 heavy (non-hydrogen) atoms. The third-order valence-corrected chi connectivity index (χ3v) is 6.02. The zero-order valence-electron chi connectivity index (χ0n) is 15.2. The first kappa shape index (κ1) is 19.2. The number of piperidine rings is 1. The number of sulfonamides is 1. The SMILES string of the molecule is COc1ccc(S(=O)(=O)NCCCN2C[C@H](C)C[C@@H](C)C2)cc1C. The third-order valence-electron chi connectivity index (χ3n) is 4.56. The summed E-state index contributed by atoms with van der Waals surface area (Å²) in [4.78, 5) is 2.74. The second-order valence-corrected chi connectivity index (χ2v) is 8.86. The fourth-order valence-corrected chi connectivity index (χ4v) is 4.74. The lowest BCUT2D eigenvalue weighted by molar-refractivity contribution is 0.140. The molecule has 1 aliphatic rings. The van der Waals surface area contributed by atoms with Crippen LogP contribution in [0.2, 0.25) is 0 Å². The standard InChI is InChI=1S/C18H30N2O3S/c1-14-10-15(2)13-20(12-14)9-5-8-19-24(21,22)17-6-7-18(23-4)16(3)11-17/h6-7,11,14-15,19H,5,8-10,12-13H2,1-4H3/t14-,15-/m1/s1. The molecule has 0 aromatic heterocycles. The first-order valence-electron chi connectivity index (χ1n) is 8.68. The van der Waals surface area contributed by atoms with E-state index in [4.69, 9.17) is 4.74 Å². The molecule has 0 aliphatic carbocycles. The van der Waals surface area contributed by atoms with Crippen molar-refractivity contribution >= 4 is 10.0 Å². The molecule has 1 heterocycles. The molecule has 136 valence electrons. The first-order valence-corrected chi connectivity index (χ1v) is 10.2. The van der Waals surface area contributed by atoms with Gasteiger partial charge in [-0.1, -0.05) is 13.8 Å². The fraction of sp³-hybridized carbons (Fsp3) is 0.667. The van der Waals surface area contributed by atoms with E-state index >= 15 is 0 Å². The smallest absolute Gasteiger partial charge is 0.240 e. The largest absolute Gasteiger partial charge is 0.496 e. The van der Waals surface area contributed by atoms with Crippen LogP contribution >= 0.6 is 0 Å². The number of aryl methyl sites for hydroxylation is 1. The van der Waals surface area contributed by atoms with Gasteiger partial charge < -0.3 is 9.64 Å². The molecule has 1 aromatic rings. The number of rotatable bonds is 7. The molecule has 0 spiro atoms. The number of ether oxygens (including phenoxy) is 1. The molecule has 5 nitrogen and oxygen atoms in total. The minimum absolute atomic E-state index is 0.293. The molecule has 1 N–H and O–H groups in total. The summed E-state index contributed by atoms with van der Waals surface area (Å²) in [5.41, 5.74) is 0.816. The van der Waals surface area contributed by atoms with Gasteiger partial charge in [0.05, 0.1) is 12.0 Å². The molecule has 0 bridgehead atoms. The molecule has 0 unspecified atom stereocenters. The van der Waals surface area contributed by atoms with Gasteiger partial charge in [0.15, 0.2) is 0 Å². The van der Waals surface area contributed by atoms with Crippen LogP contribution in [0.3, 0.4) is 0 Å². The highest BCUT2D eigenvalue weighted by molar-refractivity contribution is 7.89. The number of methoxy groups -OCH3 is 1.